The Balaban J connectivity index is 3.18. The summed E-state index contributed by atoms with van der Waals surface area (Å²) in [6, 6.07) is 3.37. The highest BCUT2D eigenvalue weighted by Crippen LogP contribution is 2.36. The van der Waals surface area contributed by atoms with E-state index in [9.17, 15) is 13.2 Å². The lowest BCUT2D eigenvalue weighted by Crippen LogP contribution is -2.17. The van der Waals surface area contributed by atoms with Gasteiger partial charge in [0.15, 0.2) is 11.5 Å². The molecule has 1 rings (SSSR count). The standard InChI is InChI=1S/C8H5F3N2O2/c9-8(10,11)15-6-2-4(3-12)1-5(13)7(6)14/h1-2,14H,13H2. The van der Waals surface area contributed by atoms with E-state index in [1.165, 1.54) is 0 Å². The number of hydrogen-bond acceptors (Lipinski definition) is 4. The van der Waals surface area contributed by atoms with Gasteiger partial charge in [-0.2, -0.15) is 5.26 Å². The van der Waals surface area contributed by atoms with Crippen LogP contribution in [0.1, 0.15) is 5.56 Å². The van der Waals surface area contributed by atoms with Crippen molar-refractivity contribution in [2.45, 2.75) is 6.36 Å². The summed E-state index contributed by atoms with van der Waals surface area (Å²) in [5.74, 6) is -1.73. The van der Waals surface area contributed by atoms with Crippen LogP contribution in [0.25, 0.3) is 0 Å². The number of nitrogens with zero attached hydrogens (tertiary/aromatic N) is 1. The Kier molecular flexibility index (Phi) is 2.61. The number of phenols is 1. The number of alkyl halides is 3. The summed E-state index contributed by atoms with van der Waals surface area (Å²) in [4.78, 5) is 0. The molecule has 3 N–H and O–H groups in total. The largest absolute Gasteiger partial charge is 0.573 e. The maximum absolute atomic E-state index is 11.8. The quantitative estimate of drug-likeness (QED) is 0.555. The van der Waals surface area contributed by atoms with E-state index < -0.39 is 17.9 Å². The first kappa shape index (κ1) is 11.0. The molecular formula is C8H5F3N2O2. The fourth-order valence-electron chi connectivity index (χ4n) is 0.896. The molecule has 0 amide bonds. The van der Waals surface area contributed by atoms with Gasteiger partial charge in [-0.1, -0.05) is 0 Å². The normalized spacial score (nSPS) is 10.8. The molecule has 1 aromatic rings. The maximum atomic E-state index is 11.8. The zero-order valence-electron chi connectivity index (χ0n) is 7.17. The molecular weight excluding hydrogens is 213 g/mol. The first-order valence-corrected chi connectivity index (χ1v) is 3.62. The van der Waals surface area contributed by atoms with Crippen molar-refractivity contribution in [3.63, 3.8) is 0 Å². The second kappa shape index (κ2) is 3.57. The van der Waals surface area contributed by atoms with Gasteiger partial charge >= 0.3 is 6.36 Å². The molecule has 0 unspecified atom stereocenters. The molecule has 0 spiro atoms. The summed E-state index contributed by atoms with van der Waals surface area (Å²) in [7, 11) is 0. The molecule has 0 saturated carbocycles. The first-order valence-electron chi connectivity index (χ1n) is 3.62. The third kappa shape index (κ3) is 2.67. The summed E-state index contributed by atoms with van der Waals surface area (Å²) in [5.41, 5.74) is 4.68. The highest BCUT2D eigenvalue weighted by molar-refractivity contribution is 5.63. The van der Waals surface area contributed by atoms with E-state index in [1.807, 2.05) is 0 Å². The number of nitriles is 1. The van der Waals surface area contributed by atoms with E-state index in [4.69, 9.17) is 16.1 Å². The summed E-state index contributed by atoms with van der Waals surface area (Å²) in [6.07, 6.45) is -4.95. The Hall–Kier alpha value is -2.10. The molecule has 0 saturated heterocycles. The fourth-order valence-corrected chi connectivity index (χ4v) is 0.896. The average Bonchev–Trinajstić information content (AvgIpc) is 2.10. The predicted molar refractivity (Wildman–Crippen MR) is 43.9 cm³/mol. The molecule has 0 aliphatic rings. The van der Waals surface area contributed by atoms with Crippen LogP contribution in [0.4, 0.5) is 18.9 Å². The number of benzene rings is 1. The minimum absolute atomic E-state index is 0.135. The monoisotopic (exact) mass is 218 g/mol. The van der Waals surface area contributed by atoms with Gasteiger partial charge in [-0.3, -0.25) is 0 Å². The Morgan fingerprint density at radius 1 is 1.40 bits per heavy atom. The average molecular weight is 218 g/mol. The zero-order valence-corrected chi connectivity index (χ0v) is 7.17. The van der Waals surface area contributed by atoms with Gasteiger partial charge in [-0.15, -0.1) is 13.2 Å². The molecule has 4 nitrogen and oxygen atoms in total. The smallest absolute Gasteiger partial charge is 0.503 e. The zero-order chi connectivity index (χ0) is 11.6. The van der Waals surface area contributed by atoms with Gasteiger partial charge in [0.1, 0.15) is 0 Å². The van der Waals surface area contributed by atoms with Crippen LogP contribution in [0.5, 0.6) is 11.5 Å². The maximum Gasteiger partial charge on any atom is 0.573 e. The van der Waals surface area contributed by atoms with E-state index in [0.29, 0.717) is 0 Å². The van der Waals surface area contributed by atoms with E-state index in [2.05, 4.69) is 4.74 Å². The molecule has 7 heteroatoms. The minimum atomic E-state index is -4.95. The van der Waals surface area contributed by atoms with Crippen molar-refractivity contribution in [3.05, 3.63) is 17.7 Å². The Morgan fingerprint density at radius 2 is 2.00 bits per heavy atom. The van der Waals surface area contributed by atoms with Crippen molar-refractivity contribution in [2.24, 2.45) is 0 Å². The lowest BCUT2D eigenvalue weighted by molar-refractivity contribution is -0.275. The highest BCUT2D eigenvalue weighted by Gasteiger charge is 2.32. The van der Waals surface area contributed by atoms with Crippen molar-refractivity contribution >= 4 is 5.69 Å². The van der Waals surface area contributed by atoms with Gasteiger partial charge in [0.05, 0.1) is 17.3 Å². The number of rotatable bonds is 1. The second-order valence-electron chi connectivity index (χ2n) is 2.57. The van der Waals surface area contributed by atoms with E-state index in [-0.39, 0.29) is 11.3 Å². The van der Waals surface area contributed by atoms with Gasteiger partial charge in [-0.25, -0.2) is 0 Å². The number of phenolic OH excluding ortho intramolecular Hbond substituents is 1. The van der Waals surface area contributed by atoms with Crippen molar-refractivity contribution in [1.82, 2.24) is 0 Å². The molecule has 15 heavy (non-hydrogen) atoms. The van der Waals surface area contributed by atoms with E-state index in [1.54, 1.807) is 6.07 Å². The van der Waals surface area contributed by atoms with Crippen molar-refractivity contribution in [2.75, 3.05) is 5.73 Å². The Bertz CT molecular complexity index is 423. The van der Waals surface area contributed by atoms with E-state index in [0.717, 1.165) is 12.1 Å². The van der Waals surface area contributed by atoms with Gasteiger partial charge in [0, 0.05) is 6.07 Å². The molecule has 0 atom stereocenters. The van der Waals surface area contributed by atoms with Crippen LogP contribution in [0, 0.1) is 11.3 Å². The van der Waals surface area contributed by atoms with Crippen LogP contribution < -0.4 is 10.5 Å². The van der Waals surface area contributed by atoms with Crippen molar-refractivity contribution < 1.29 is 23.0 Å². The highest BCUT2D eigenvalue weighted by atomic mass is 19.4. The number of ether oxygens (including phenoxy) is 1. The van der Waals surface area contributed by atoms with Crippen molar-refractivity contribution in [1.29, 1.82) is 5.26 Å². The SMILES string of the molecule is N#Cc1cc(N)c(O)c(OC(F)(F)F)c1. The third-order valence-corrected chi connectivity index (χ3v) is 1.46. The summed E-state index contributed by atoms with van der Waals surface area (Å²) in [5, 5.41) is 17.6. The van der Waals surface area contributed by atoms with Crippen LogP contribution in [0.3, 0.4) is 0 Å². The Labute approximate surface area is 82.3 Å². The number of anilines is 1. The molecule has 0 bridgehead atoms. The third-order valence-electron chi connectivity index (χ3n) is 1.46. The van der Waals surface area contributed by atoms with Crippen molar-refractivity contribution in [3.8, 4) is 17.6 Å². The van der Waals surface area contributed by atoms with Crippen LogP contribution in [0.15, 0.2) is 12.1 Å². The van der Waals surface area contributed by atoms with Gasteiger partial charge in [-0.05, 0) is 6.07 Å². The predicted octanol–water partition coefficient (Wildman–Crippen LogP) is 1.74. The van der Waals surface area contributed by atoms with Gasteiger partial charge in [0.2, 0.25) is 0 Å². The number of nitrogen functional groups attached to an aromatic ring is 1. The molecule has 0 aliphatic carbocycles. The number of halogens is 3. The summed E-state index contributed by atoms with van der Waals surface area (Å²) >= 11 is 0. The Morgan fingerprint density at radius 3 is 2.47 bits per heavy atom. The van der Waals surface area contributed by atoms with Crippen LogP contribution >= 0.6 is 0 Å². The lowest BCUT2D eigenvalue weighted by Gasteiger charge is -2.11. The first-order chi connectivity index (χ1) is 6.83. The van der Waals surface area contributed by atoms with Crippen LogP contribution in [-0.2, 0) is 0 Å². The number of nitrogens with two attached hydrogens (primary N) is 1. The lowest BCUT2D eigenvalue weighted by atomic mass is 10.2. The van der Waals surface area contributed by atoms with Gasteiger partial charge < -0.3 is 15.6 Å². The topological polar surface area (TPSA) is 79.3 Å². The van der Waals surface area contributed by atoms with Crippen LogP contribution in [-0.4, -0.2) is 11.5 Å². The molecule has 0 heterocycles. The molecule has 0 radical (unpaired) electrons. The number of hydrogen-bond donors (Lipinski definition) is 2. The molecule has 0 fully saturated rings. The summed E-state index contributed by atoms with van der Waals surface area (Å²) < 4.78 is 39.0. The van der Waals surface area contributed by atoms with E-state index >= 15 is 0 Å². The fraction of sp³-hybridized carbons (Fsp3) is 0.125. The number of aromatic hydroxyl groups is 1. The molecule has 80 valence electrons. The molecule has 0 aliphatic heterocycles. The minimum Gasteiger partial charge on any atom is -0.503 e. The summed E-state index contributed by atoms with van der Waals surface area (Å²) in [6.45, 7) is 0. The van der Waals surface area contributed by atoms with Crippen LogP contribution in [0.2, 0.25) is 0 Å². The molecule has 0 aromatic heterocycles. The second-order valence-corrected chi connectivity index (χ2v) is 2.57. The van der Waals surface area contributed by atoms with Gasteiger partial charge in [0.25, 0.3) is 0 Å². The molecule has 1 aromatic carbocycles.